The highest BCUT2D eigenvalue weighted by Crippen LogP contribution is 2.22. The van der Waals surface area contributed by atoms with Crippen LogP contribution in [0.4, 0.5) is 0 Å². The van der Waals surface area contributed by atoms with E-state index in [-0.39, 0.29) is 6.42 Å². The number of aromatic nitrogens is 2. The van der Waals surface area contributed by atoms with Crippen LogP contribution in [0.5, 0.6) is 0 Å². The highest BCUT2D eigenvalue weighted by atomic mass is 16.4. The number of nitrogens with one attached hydrogen (secondary N) is 1. The molecule has 2 N–H and O–H groups in total. The molecule has 1 aromatic rings. The number of rotatable bonds is 3. The zero-order chi connectivity index (χ0) is 12.4. The predicted octanol–water partition coefficient (Wildman–Crippen LogP) is 1.05. The maximum atomic E-state index is 10.8. The van der Waals surface area contributed by atoms with Gasteiger partial charge < -0.3 is 10.4 Å². The molecule has 0 aromatic carbocycles. The second-order valence-corrected chi connectivity index (χ2v) is 4.66. The smallest absolute Gasteiger partial charge is 0.307 e. The van der Waals surface area contributed by atoms with Crippen LogP contribution in [0.15, 0.2) is 0 Å². The van der Waals surface area contributed by atoms with Crippen LogP contribution in [0.3, 0.4) is 0 Å². The van der Waals surface area contributed by atoms with Crippen LogP contribution in [0.2, 0.25) is 0 Å². The zero-order valence-electron chi connectivity index (χ0n) is 10.4. The molecule has 0 aliphatic carbocycles. The molecule has 0 spiro atoms. The van der Waals surface area contributed by atoms with Crippen LogP contribution in [0, 0.1) is 13.8 Å². The Labute approximate surface area is 101 Å². The number of aliphatic carboxylic acids is 1. The summed E-state index contributed by atoms with van der Waals surface area (Å²) in [5.74, 6) is -0.794. The Kier molecular flexibility index (Phi) is 3.47. The number of aryl methyl sites for hydroxylation is 1. The molecule has 17 heavy (non-hydrogen) atoms. The number of carbonyl (C=O) groups is 1. The van der Waals surface area contributed by atoms with Gasteiger partial charge in [0.2, 0.25) is 0 Å². The fraction of sp³-hybridized carbons (Fsp3) is 0.667. The van der Waals surface area contributed by atoms with E-state index in [9.17, 15) is 4.79 Å². The van der Waals surface area contributed by atoms with Crippen molar-refractivity contribution in [2.24, 2.45) is 0 Å². The summed E-state index contributed by atoms with van der Waals surface area (Å²) in [6.45, 7) is 5.84. The number of piperidine rings is 1. The van der Waals surface area contributed by atoms with Gasteiger partial charge in [0.1, 0.15) is 0 Å². The Morgan fingerprint density at radius 3 is 2.94 bits per heavy atom. The Bertz CT molecular complexity index is 420. The number of carboxylic acid groups (broad SMARTS) is 1. The second-order valence-electron chi connectivity index (χ2n) is 4.66. The van der Waals surface area contributed by atoms with Crippen molar-refractivity contribution in [2.75, 3.05) is 13.1 Å². The molecular weight excluding hydrogens is 218 g/mol. The average Bonchev–Trinajstić information content (AvgIpc) is 2.58. The summed E-state index contributed by atoms with van der Waals surface area (Å²) >= 11 is 0. The lowest BCUT2D eigenvalue weighted by molar-refractivity contribution is -0.136. The topological polar surface area (TPSA) is 67.2 Å². The lowest BCUT2D eigenvalue weighted by Crippen LogP contribution is -2.32. The molecule has 1 unspecified atom stereocenters. The normalized spacial score (nSPS) is 20.5. The van der Waals surface area contributed by atoms with E-state index in [0.29, 0.717) is 6.04 Å². The van der Waals surface area contributed by atoms with Crippen molar-refractivity contribution < 1.29 is 9.90 Å². The molecule has 1 atom stereocenters. The first-order valence-electron chi connectivity index (χ1n) is 6.06. The summed E-state index contributed by atoms with van der Waals surface area (Å²) in [6.07, 6.45) is 2.33. The van der Waals surface area contributed by atoms with Gasteiger partial charge >= 0.3 is 5.97 Å². The minimum Gasteiger partial charge on any atom is -0.481 e. The summed E-state index contributed by atoms with van der Waals surface area (Å²) in [7, 11) is 0. The van der Waals surface area contributed by atoms with Crippen molar-refractivity contribution in [3.63, 3.8) is 0 Å². The minimum atomic E-state index is -0.794. The first-order valence-corrected chi connectivity index (χ1v) is 6.06. The summed E-state index contributed by atoms with van der Waals surface area (Å²) < 4.78 is 2.00. The highest BCUT2D eigenvalue weighted by molar-refractivity contribution is 5.70. The van der Waals surface area contributed by atoms with Crippen LogP contribution in [0.1, 0.15) is 35.8 Å². The van der Waals surface area contributed by atoms with Gasteiger partial charge in [0.15, 0.2) is 0 Å². The van der Waals surface area contributed by atoms with Gasteiger partial charge in [0.25, 0.3) is 0 Å². The Morgan fingerprint density at radius 1 is 1.59 bits per heavy atom. The molecule has 1 aromatic heterocycles. The summed E-state index contributed by atoms with van der Waals surface area (Å²) in [5.41, 5.74) is 2.71. The first kappa shape index (κ1) is 12.1. The van der Waals surface area contributed by atoms with E-state index in [2.05, 4.69) is 10.4 Å². The predicted molar refractivity (Wildman–Crippen MR) is 64.2 cm³/mol. The molecule has 94 valence electrons. The van der Waals surface area contributed by atoms with E-state index >= 15 is 0 Å². The standard InChI is InChI=1S/C12H19N3O2/c1-8-11(6-12(16)17)9(2)15(14-8)10-4-3-5-13-7-10/h10,13H,3-7H2,1-2H3,(H,16,17). The van der Waals surface area contributed by atoms with E-state index in [1.807, 2.05) is 18.5 Å². The summed E-state index contributed by atoms with van der Waals surface area (Å²) in [5, 5.41) is 16.7. The third-order valence-corrected chi connectivity index (χ3v) is 3.42. The lowest BCUT2D eigenvalue weighted by atomic mass is 10.1. The van der Waals surface area contributed by atoms with E-state index in [4.69, 9.17) is 5.11 Å². The Hall–Kier alpha value is -1.36. The van der Waals surface area contributed by atoms with Gasteiger partial charge in [-0.15, -0.1) is 0 Å². The maximum Gasteiger partial charge on any atom is 0.307 e. The molecule has 2 rings (SSSR count). The Balaban J connectivity index is 2.26. The van der Waals surface area contributed by atoms with Crippen molar-refractivity contribution in [3.05, 3.63) is 17.0 Å². The Morgan fingerprint density at radius 2 is 2.35 bits per heavy atom. The third kappa shape index (κ3) is 2.49. The minimum absolute atomic E-state index is 0.0673. The SMILES string of the molecule is Cc1nn(C2CCCNC2)c(C)c1CC(=O)O. The van der Waals surface area contributed by atoms with E-state index in [1.165, 1.54) is 0 Å². The number of carboxylic acids is 1. The van der Waals surface area contributed by atoms with Crippen molar-refractivity contribution in [2.45, 2.75) is 39.2 Å². The average molecular weight is 237 g/mol. The molecule has 1 fully saturated rings. The fourth-order valence-electron chi connectivity index (χ4n) is 2.50. The van der Waals surface area contributed by atoms with Gasteiger partial charge in [-0.1, -0.05) is 0 Å². The van der Waals surface area contributed by atoms with Gasteiger partial charge in [-0.25, -0.2) is 0 Å². The molecular formula is C12H19N3O2. The highest BCUT2D eigenvalue weighted by Gasteiger charge is 2.21. The number of nitrogens with zero attached hydrogens (tertiary/aromatic N) is 2. The summed E-state index contributed by atoms with van der Waals surface area (Å²) in [6, 6.07) is 0.366. The van der Waals surface area contributed by atoms with Gasteiger partial charge in [-0.05, 0) is 33.2 Å². The first-order chi connectivity index (χ1) is 8.09. The second kappa shape index (κ2) is 4.87. The molecule has 2 heterocycles. The van der Waals surface area contributed by atoms with Crippen LogP contribution in [-0.4, -0.2) is 33.9 Å². The molecule has 1 saturated heterocycles. The van der Waals surface area contributed by atoms with Crippen LogP contribution < -0.4 is 5.32 Å². The van der Waals surface area contributed by atoms with Crippen LogP contribution in [-0.2, 0) is 11.2 Å². The molecule has 0 bridgehead atoms. The fourth-order valence-corrected chi connectivity index (χ4v) is 2.50. The van der Waals surface area contributed by atoms with Gasteiger partial charge in [-0.2, -0.15) is 5.10 Å². The van der Waals surface area contributed by atoms with Crippen molar-refractivity contribution in [1.29, 1.82) is 0 Å². The molecule has 5 heteroatoms. The molecule has 0 amide bonds. The molecule has 0 radical (unpaired) electrons. The van der Waals surface area contributed by atoms with Crippen molar-refractivity contribution >= 4 is 5.97 Å². The van der Waals surface area contributed by atoms with Gasteiger partial charge in [-0.3, -0.25) is 9.48 Å². The molecule has 0 saturated carbocycles. The van der Waals surface area contributed by atoms with Gasteiger partial charge in [0, 0.05) is 17.8 Å². The van der Waals surface area contributed by atoms with E-state index < -0.39 is 5.97 Å². The van der Waals surface area contributed by atoms with Crippen LogP contribution in [0.25, 0.3) is 0 Å². The largest absolute Gasteiger partial charge is 0.481 e. The molecule has 1 aliphatic rings. The van der Waals surface area contributed by atoms with Gasteiger partial charge in [0.05, 0.1) is 18.2 Å². The molecule has 5 nitrogen and oxygen atoms in total. The van der Waals surface area contributed by atoms with Crippen molar-refractivity contribution in [3.8, 4) is 0 Å². The van der Waals surface area contributed by atoms with Crippen LogP contribution >= 0.6 is 0 Å². The van der Waals surface area contributed by atoms with E-state index in [0.717, 1.165) is 42.9 Å². The summed E-state index contributed by atoms with van der Waals surface area (Å²) in [4.78, 5) is 10.8. The quantitative estimate of drug-likeness (QED) is 0.824. The number of hydrogen-bond donors (Lipinski definition) is 2. The zero-order valence-corrected chi connectivity index (χ0v) is 10.4. The lowest BCUT2D eigenvalue weighted by Gasteiger charge is -2.24. The number of hydrogen-bond acceptors (Lipinski definition) is 3. The third-order valence-electron chi connectivity index (χ3n) is 3.42. The maximum absolute atomic E-state index is 10.8. The molecule has 1 aliphatic heterocycles. The van der Waals surface area contributed by atoms with Crippen molar-refractivity contribution in [1.82, 2.24) is 15.1 Å². The van der Waals surface area contributed by atoms with E-state index in [1.54, 1.807) is 0 Å². The monoisotopic (exact) mass is 237 g/mol.